The van der Waals surface area contributed by atoms with Gasteiger partial charge in [-0.25, -0.2) is 18.6 Å². The first kappa shape index (κ1) is 44.1. The summed E-state index contributed by atoms with van der Waals surface area (Å²) in [6, 6.07) is 21.1. The van der Waals surface area contributed by atoms with E-state index in [9.17, 15) is 19.1 Å². The Labute approximate surface area is 332 Å². The molecule has 288 valence electrons. The number of benzene rings is 3. The number of rotatable bonds is 13. The fraction of sp³-hybridized carbons (Fsp3) is 0.270. The normalized spacial score (nSPS) is 15.7. The van der Waals surface area contributed by atoms with Crippen molar-refractivity contribution in [1.29, 1.82) is 5.26 Å². The van der Waals surface area contributed by atoms with Crippen molar-refractivity contribution < 1.29 is 37.5 Å². The van der Waals surface area contributed by atoms with E-state index >= 15 is 4.39 Å². The van der Waals surface area contributed by atoms with Crippen LogP contribution >= 0.6 is 36.2 Å². The highest BCUT2D eigenvalue weighted by Crippen LogP contribution is 2.42. The van der Waals surface area contributed by atoms with E-state index in [1.807, 2.05) is 0 Å². The molecule has 0 spiro atoms. The van der Waals surface area contributed by atoms with Crippen LogP contribution in [0.1, 0.15) is 34.5 Å². The lowest BCUT2D eigenvalue weighted by Gasteiger charge is -2.38. The number of nitrogens with one attached hydrogen (secondary N) is 1. The number of quaternary nitrogens is 1. The average molecular weight is 816 g/mol. The summed E-state index contributed by atoms with van der Waals surface area (Å²) in [5, 5.41) is 30.9. The Balaban J connectivity index is 0.00000406. The lowest BCUT2D eigenvalue weighted by Crippen LogP contribution is -2.54. The summed E-state index contributed by atoms with van der Waals surface area (Å²) in [7, 11) is 3.50. The number of nitriles is 1. The van der Waals surface area contributed by atoms with Gasteiger partial charge >= 0.3 is 24.9 Å². The van der Waals surface area contributed by atoms with Gasteiger partial charge in [0.25, 0.3) is 0 Å². The van der Waals surface area contributed by atoms with Gasteiger partial charge in [-0.2, -0.15) is 10.3 Å². The van der Waals surface area contributed by atoms with Gasteiger partial charge in [-0.3, -0.25) is 15.0 Å². The van der Waals surface area contributed by atoms with E-state index in [-0.39, 0.29) is 63.3 Å². The molecule has 2 N–H and O–H groups in total. The Morgan fingerprint density at radius 2 is 1.78 bits per heavy atom. The van der Waals surface area contributed by atoms with Gasteiger partial charge in [0.1, 0.15) is 36.9 Å². The molecule has 1 aliphatic rings. The van der Waals surface area contributed by atoms with Gasteiger partial charge in [-0.05, 0) is 73.5 Å². The number of hydrogen-bond acceptors (Lipinski definition) is 11. The Hall–Kier alpha value is -5.33. The van der Waals surface area contributed by atoms with Crippen molar-refractivity contribution >= 4 is 66.6 Å². The first-order chi connectivity index (χ1) is 25.4. The monoisotopic (exact) mass is 814 g/mol. The molecule has 5 rings (SSSR count). The van der Waals surface area contributed by atoms with Gasteiger partial charge in [0.2, 0.25) is 6.34 Å². The van der Waals surface area contributed by atoms with E-state index in [1.54, 1.807) is 79.8 Å². The van der Waals surface area contributed by atoms with Crippen LogP contribution in [0, 0.1) is 29.0 Å². The molecule has 0 fully saturated rings. The predicted octanol–water partition coefficient (Wildman–Crippen LogP) is 6.59. The van der Waals surface area contributed by atoms with Crippen LogP contribution in [0.15, 0.2) is 82.2 Å². The summed E-state index contributed by atoms with van der Waals surface area (Å²) in [4.78, 5) is 38.8. The number of carbonyl (C=O) groups is 2. The largest absolute Gasteiger partial charge is 0.443 e. The van der Waals surface area contributed by atoms with Crippen LogP contribution in [0.2, 0.25) is 0 Å². The number of ether oxygens (including phenoxy) is 2. The molecular weight excluding hydrogens is 777 g/mol. The zero-order chi connectivity index (χ0) is 38.0. The second-order valence-corrected chi connectivity index (χ2v) is 13.3. The molecule has 0 saturated heterocycles. The number of likely N-dealkylation sites (N-methyl/N-ethyl adjacent to an activating group) is 1. The number of halogens is 4. The average Bonchev–Trinajstić information content (AvgIpc) is 3.82. The predicted molar refractivity (Wildman–Crippen MR) is 210 cm³/mol. The summed E-state index contributed by atoms with van der Waals surface area (Å²) >= 11 is 1.24. The first-order valence-electron chi connectivity index (χ1n) is 16.3. The van der Waals surface area contributed by atoms with Gasteiger partial charge in [-0.15, -0.1) is 40.7 Å². The highest BCUT2D eigenvalue weighted by molar-refractivity contribution is 7.10. The van der Waals surface area contributed by atoms with Gasteiger partial charge in [-0.1, -0.05) is 24.2 Å². The third-order valence-electron chi connectivity index (χ3n) is 8.24. The van der Waals surface area contributed by atoms with E-state index < -0.39 is 39.8 Å². The molecule has 3 aromatic carbocycles. The highest BCUT2D eigenvalue weighted by atomic mass is 35.5. The van der Waals surface area contributed by atoms with Crippen LogP contribution in [0.4, 0.5) is 19.3 Å². The number of thiazole rings is 1. The summed E-state index contributed by atoms with van der Waals surface area (Å²) in [6.07, 6.45) is 1.94. The van der Waals surface area contributed by atoms with Crippen molar-refractivity contribution in [1.82, 2.24) is 9.88 Å². The second-order valence-electron chi connectivity index (χ2n) is 12.4. The third-order valence-corrected chi connectivity index (χ3v) is 9.27. The standard InChI is InChI=1S/C37H35F2N8O5S.2ClH/c1-25(35-45-33(20-53-35)28-8-4-26(17-40)5-9-28)37(50,31-16-29(38)10-13-32(31)39)21-47(23-42-22-43-47)14-15-51-36(49)44-30-11-6-27(7-12-30)18-41-24-52-34(48)19-46(2)3;;/h4-13,16,20,22-23,25,50H,14-15,19,21,24H2,1-3H3;2*1H/q+1;;/p+1/t25-,37+,47?;;/m0../s1. The summed E-state index contributed by atoms with van der Waals surface area (Å²) in [6.45, 7) is 1.14. The molecule has 0 aliphatic carbocycles. The van der Waals surface area contributed by atoms with Crippen molar-refractivity contribution in [3.05, 3.63) is 110 Å². The minimum absolute atomic E-state index is 0. The Kier molecular flexibility index (Phi) is 15.9. The molecule has 1 aliphatic heterocycles. The maximum atomic E-state index is 15.5. The summed E-state index contributed by atoms with van der Waals surface area (Å²) in [5.74, 6) is -2.85. The highest BCUT2D eigenvalue weighted by Gasteiger charge is 2.49. The van der Waals surface area contributed by atoms with Crippen LogP contribution in [0.5, 0.6) is 0 Å². The van der Waals surface area contributed by atoms with E-state index in [0.29, 0.717) is 27.5 Å². The van der Waals surface area contributed by atoms with Gasteiger partial charge in [0, 0.05) is 28.1 Å². The molecule has 18 heteroatoms. The zero-order valence-electron chi connectivity index (χ0n) is 29.9. The molecule has 1 unspecified atom stereocenters. The molecule has 55 heavy (non-hydrogen) atoms. The Morgan fingerprint density at radius 3 is 2.44 bits per heavy atom. The molecule has 2 heterocycles. The van der Waals surface area contributed by atoms with E-state index in [2.05, 4.69) is 32.4 Å². The molecular formula is C37H38Cl2F2N8O5S+2. The van der Waals surface area contributed by atoms with Crippen molar-refractivity contribution in [3.63, 3.8) is 0 Å². The number of aromatic nitrogens is 1. The number of aliphatic hydroxyl groups is 1. The molecule has 13 nitrogen and oxygen atoms in total. The van der Waals surface area contributed by atoms with Crippen LogP contribution in [-0.4, -0.2) is 91.4 Å². The van der Waals surface area contributed by atoms with E-state index in [1.165, 1.54) is 24.0 Å². The number of amides is 1. The molecule has 0 bridgehead atoms. The van der Waals surface area contributed by atoms with Gasteiger partial charge in [0.15, 0.2) is 11.9 Å². The third kappa shape index (κ3) is 11.6. The molecule has 4 aromatic rings. The molecule has 1 amide bonds. The number of esters is 1. The first-order valence-corrected chi connectivity index (χ1v) is 17.1. The summed E-state index contributed by atoms with van der Waals surface area (Å²) < 4.78 is 40.1. The van der Waals surface area contributed by atoms with Gasteiger partial charge < -0.3 is 14.6 Å². The van der Waals surface area contributed by atoms with Crippen LogP contribution < -0.4 is 5.32 Å². The van der Waals surface area contributed by atoms with Crippen molar-refractivity contribution in [2.45, 2.75) is 18.4 Å². The Bertz CT molecular complexity index is 2110. The quantitative estimate of drug-likeness (QED) is 0.113. The maximum absolute atomic E-state index is 15.5. The van der Waals surface area contributed by atoms with E-state index in [4.69, 9.17) is 19.7 Å². The number of carbonyl (C=O) groups excluding carboxylic acids is 2. The molecule has 0 saturated carbocycles. The fourth-order valence-electron chi connectivity index (χ4n) is 5.44. The number of anilines is 1. The number of aliphatic imine (C=N–C) groups is 1. The number of hydrogen-bond donors (Lipinski definition) is 2. The van der Waals surface area contributed by atoms with Crippen molar-refractivity contribution in [2.75, 3.05) is 52.4 Å². The fourth-order valence-corrected chi connectivity index (χ4v) is 6.41. The molecule has 3 atom stereocenters. The van der Waals surface area contributed by atoms with Crippen LogP contribution in [0.3, 0.4) is 0 Å². The lowest BCUT2D eigenvalue weighted by molar-refractivity contribution is -0.848. The zero-order valence-corrected chi connectivity index (χ0v) is 32.3. The van der Waals surface area contributed by atoms with Crippen molar-refractivity contribution in [3.8, 4) is 23.4 Å². The molecule has 1 aromatic heterocycles. The topological polar surface area (TPSA) is 154 Å². The van der Waals surface area contributed by atoms with Crippen LogP contribution in [-0.2, 0) is 19.9 Å². The lowest BCUT2D eigenvalue weighted by atomic mass is 9.81. The van der Waals surface area contributed by atoms with Gasteiger partial charge in [0.05, 0.1) is 28.9 Å². The minimum Gasteiger partial charge on any atom is -0.443 e. The smallest absolute Gasteiger partial charge is 0.411 e. The molecule has 0 radical (unpaired) electrons. The maximum Gasteiger partial charge on any atom is 0.411 e. The SMILES string of the molecule is C[C@@H](c1nc(-c2ccc(C#N)cc2)cs1)[C@](O)(C[N+]1(CCOC(=O)Nc2ccc(C#[N+]COC(=O)CN(C)C)cc2)C=NC=N1)c1cc(F)ccc1F.Cl.Cl. The van der Waals surface area contributed by atoms with E-state index in [0.717, 1.165) is 23.8 Å². The van der Waals surface area contributed by atoms with Crippen LogP contribution in [0.25, 0.3) is 16.1 Å². The van der Waals surface area contributed by atoms with Crippen molar-refractivity contribution in [2.24, 2.45) is 10.1 Å². The number of nitrogens with zero attached hydrogens (tertiary/aromatic N) is 7. The summed E-state index contributed by atoms with van der Waals surface area (Å²) in [5.41, 5.74) is 0.478. The minimum atomic E-state index is -2.07. The second kappa shape index (κ2) is 19.8. The Morgan fingerprint density at radius 1 is 1.07 bits per heavy atom.